The minimum atomic E-state index is 0.719. The molecule has 14 heavy (non-hydrogen) atoms. The average molecular weight is 207 g/mol. The lowest BCUT2D eigenvalue weighted by molar-refractivity contribution is 0.801. The summed E-state index contributed by atoms with van der Waals surface area (Å²) >= 11 is 5.78. The molecule has 0 N–H and O–H groups in total. The predicted octanol–water partition coefficient (Wildman–Crippen LogP) is 2.49. The molecular weight excluding hydrogens is 198 g/mol. The molecule has 1 heterocycles. The molecule has 0 spiro atoms. The Morgan fingerprint density at radius 2 is 2.00 bits per heavy atom. The van der Waals surface area contributed by atoms with Crippen molar-refractivity contribution in [3.63, 3.8) is 0 Å². The fourth-order valence-corrected chi connectivity index (χ4v) is 1.26. The molecule has 3 nitrogen and oxygen atoms in total. The van der Waals surface area contributed by atoms with Gasteiger partial charge in [-0.3, -0.25) is 0 Å². The maximum atomic E-state index is 5.78. The highest BCUT2D eigenvalue weighted by atomic mass is 35.5. The van der Waals surface area contributed by atoms with Crippen LogP contribution in [0.25, 0.3) is 5.69 Å². The first-order chi connectivity index (χ1) is 6.79. The van der Waals surface area contributed by atoms with E-state index in [0.29, 0.717) is 0 Å². The van der Waals surface area contributed by atoms with E-state index >= 15 is 0 Å². The van der Waals surface area contributed by atoms with Gasteiger partial charge in [0.05, 0.1) is 17.6 Å². The van der Waals surface area contributed by atoms with E-state index in [-0.39, 0.29) is 0 Å². The number of hydrogen-bond acceptors (Lipinski definition) is 2. The summed E-state index contributed by atoms with van der Waals surface area (Å²) in [5, 5.41) is 8.66. The number of nitrogens with zero attached hydrogens (tertiary/aromatic N) is 3. The van der Waals surface area contributed by atoms with Crippen LogP contribution in [0.1, 0.15) is 12.6 Å². The molecule has 4 heteroatoms. The third-order valence-electron chi connectivity index (χ3n) is 1.90. The Morgan fingerprint density at radius 3 is 2.57 bits per heavy atom. The molecule has 0 atom stereocenters. The molecule has 0 fully saturated rings. The zero-order chi connectivity index (χ0) is 9.97. The summed E-state index contributed by atoms with van der Waals surface area (Å²) in [5.41, 5.74) is 1.81. The molecule has 0 aliphatic carbocycles. The topological polar surface area (TPSA) is 30.7 Å². The van der Waals surface area contributed by atoms with Crippen molar-refractivity contribution in [3.8, 4) is 5.69 Å². The third-order valence-corrected chi connectivity index (χ3v) is 2.15. The summed E-state index contributed by atoms with van der Waals surface area (Å²) in [6.45, 7) is 1.93. The second-order valence-electron chi connectivity index (χ2n) is 2.85. The molecule has 0 saturated carbocycles. The molecule has 0 bridgehead atoms. The second kappa shape index (κ2) is 3.80. The minimum Gasteiger partial charge on any atom is -0.220 e. The summed E-state index contributed by atoms with van der Waals surface area (Å²) in [6.07, 6.45) is 3.77. The van der Waals surface area contributed by atoms with Gasteiger partial charge in [-0.2, -0.15) is 0 Å². The second-order valence-corrected chi connectivity index (χ2v) is 3.29. The van der Waals surface area contributed by atoms with Gasteiger partial charge in [0.1, 0.15) is 0 Å². The third kappa shape index (κ3) is 1.77. The van der Waals surface area contributed by atoms with Crippen molar-refractivity contribution in [2.45, 2.75) is 6.92 Å². The molecule has 2 aromatic rings. The summed E-state index contributed by atoms with van der Waals surface area (Å²) in [5.74, 6) is 0. The van der Waals surface area contributed by atoms with E-state index < -0.39 is 0 Å². The Hall–Kier alpha value is -1.35. The van der Waals surface area contributed by atoms with E-state index in [1.807, 2.05) is 43.8 Å². The summed E-state index contributed by atoms with van der Waals surface area (Å²) in [6, 6.07) is 7.45. The quantitative estimate of drug-likeness (QED) is 0.756. The van der Waals surface area contributed by atoms with Gasteiger partial charge in [0.25, 0.3) is 0 Å². The number of hydrogen-bond donors (Lipinski definition) is 0. The molecular formula is C10H9ClN3. The van der Waals surface area contributed by atoms with Crippen LogP contribution in [-0.4, -0.2) is 15.0 Å². The van der Waals surface area contributed by atoms with Crippen LogP contribution in [-0.2, 0) is 0 Å². The van der Waals surface area contributed by atoms with E-state index in [0.717, 1.165) is 16.4 Å². The minimum absolute atomic E-state index is 0.719. The van der Waals surface area contributed by atoms with Crippen molar-refractivity contribution < 1.29 is 0 Å². The molecule has 2 rings (SSSR count). The van der Waals surface area contributed by atoms with Gasteiger partial charge in [-0.05, 0) is 24.3 Å². The lowest BCUT2D eigenvalue weighted by Gasteiger charge is -1.98. The zero-order valence-corrected chi connectivity index (χ0v) is 8.44. The van der Waals surface area contributed by atoms with Crippen molar-refractivity contribution in [1.29, 1.82) is 0 Å². The van der Waals surface area contributed by atoms with Crippen LogP contribution in [0.4, 0.5) is 0 Å². The standard InChI is InChI=1S/C10H9ClN3/c1-2-9-7-14(13-12-9)10-5-3-8(11)4-6-10/h2-7H,1H3. The first kappa shape index (κ1) is 9.21. The molecule has 1 aromatic carbocycles. The van der Waals surface area contributed by atoms with Gasteiger partial charge in [-0.15, -0.1) is 5.10 Å². The van der Waals surface area contributed by atoms with Crippen molar-refractivity contribution in [2.75, 3.05) is 0 Å². The lowest BCUT2D eigenvalue weighted by atomic mass is 10.3. The maximum Gasteiger partial charge on any atom is 0.0866 e. The highest BCUT2D eigenvalue weighted by Crippen LogP contribution is 2.12. The Bertz CT molecular complexity index is 419. The first-order valence-electron chi connectivity index (χ1n) is 4.27. The number of rotatable bonds is 2. The molecule has 1 aromatic heterocycles. The first-order valence-corrected chi connectivity index (χ1v) is 4.65. The monoisotopic (exact) mass is 206 g/mol. The van der Waals surface area contributed by atoms with Gasteiger partial charge >= 0.3 is 0 Å². The van der Waals surface area contributed by atoms with Crippen molar-refractivity contribution >= 4 is 11.6 Å². The van der Waals surface area contributed by atoms with Crippen LogP contribution in [0, 0.1) is 6.42 Å². The zero-order valence-electron chi connectivity index (χ0n) is 7.68. The molecule has 71 valence electrons. The van der Waals surface area contributed by atoms with Crippen molar-refractivity contribution in [3.05, 3.63) is 47.6 Å². The van der Waals surface area contributed by atoms with Gasteiger partial charge < -0.3 is 0 Å². The van der Waals surface area contributed by atoms with Crippen LogP contribution in [0.15, 0.2) is 30.5 Å². The molecule has 1 radical (unpaired) electrons. The Kier molecular flexibility index (Phi) is 2.50. The van der Waals surface area contributed by atoms with Gasteiger partial charge in [-0.1, -0.05) is 23.7 Å². The van der Waals surface area contributed by atoms with Crippen LogP contribution in [0.3, 0.4) is 0 Å². The van der Waals surface area contributed by atoms with E-state index in [2.05, 4.69) is 10.3 Å². The molecule has 0 saturated heterocycles. The lowest BCUT2D eigenvalue weighted by Crippen LogP contribution is -1.93. The van der Waals surface area contributed by atoms with Crippen molar-refractivity contribution in [2.24, 2.45) is 0 Å². The number of aromatic nitrogens is 3. The molecule has 0 aliphatic heterocycles. The van der Waals surface area contributed by atoms with E-state index in [1.165, 1.54) is 0 Å². The molecule has 0 amide bonds. The van der Waals surface area contributed by atoms with E-state index in [1.54, 1.807) is 4.68 Å². The van der Waals surface area contributed by atoms with Crippen LogP contribution < -0.4 is 0 Å². The van der Waals surface area contributed by atoms with E-state index in [4.69, 9.17) is 11.6 Å². The van der Waals surface area contributed by atoms with Gasteiger partial charge in [-0.25, -0.2) is 4.68 Å². The molecule has 0 unspecified atom stereocenters. The maximum absolute atomic E-state index is 5.78. The highest BCUT2D eigenvalue weighted by molar-refractivity contribution is 6.30. The van der Waals surface area contributed by atoms with Gasteiger partial charge in [0.2, 0.25) is 0 Å². The largest absolute Gasteiger partial charge is 0.220 e. The van der Waals surface area contributed by atoms with Crippen molar-refractivity contribution in [1.82, 2.24) is 15.0 Å². The fraction of sp³-hybridized carbons (Fsp3) is 0.100. The SMILES string of the molecule is C[CH]c1cn(-c2ccc(Cl)cc2)nn1. The predicted molar refractivity (Wildman–Crippen MR) is 55.4 cm³/mol. The summed E-state index contributed by atoms with van der Waals surface area (Å²) in [7, 11) is 0. The van der Waals surface area contributed by atoms with Crippen LogP contribution >= 0.6 is 11.6 Å². The number of benzene rings is 1. The summed E-state index contributed by atoms with van der Waals surface area (Å²) < 4.78 is 1.71. The van der Waals surface area contributed by atoms with Gasteiger partial charge in [0.15, 0.2) is 0 Å². The Labute approximate surface area is 87.3 Å². The Balaban J connectivity index is 2.34. The number of halogens is 1. The Morgan fingerprint density at radius 1 is 1.29 bits per heavy atom. The van der Waals surface area contributed by atoms with Crippen LogP contribution in [0.5, 0.6) is 0 Å². The van der Waals surface area contributed by atoms with Gasteiger partial charge in [0, 0.05) is 11.4 Å². The average Bonchev–Trinajstić information content (AvgIpc) is 2.67. The van der Waals surface area contributed by atoms with E-state index in [9.17, 15) is 0 Å². The molecule has 0 aliphatic rings. The normalized spacial score (nSPS) is 10.4. The fourth-order valence-electron chi connectivity index (χ4n) is 1.13. The smallest absolute Gasteiger partial charge is 0.0866 e. The highest BCUT2D eigenvalue weighted by Gasteiger charge is 2.00. The van der Waals surface area contributed by atoms with Crippen LogP contribution in [0.2, 0.25) is 5.02 Å². The summed E-state index contributed by atoms with van der Waals surface area (Å²) in [4.78, 5) is 0.